The molecule has 3 amide bonds. The number of hydrogen-bond donors (Lipinski definition) is 2. The SMILES string of the molecule is CCOC(=O)c1ccc(N2C(=O)C3Sc4c(sc(=O)n4CC(=O)Nc4cccc(C(F)(F)F)c4)[C@@H](c4ccccc4O)C3C2=O)cc1. The number of esters is 1. The van der Waals surface area contributed by atoms with Crippen LogP contribution < -0.4 is 15.1 Å². The van der Waals surface area contributed by atoms with Crippen LogP contribution in [0.1, 0.15) is 39.2 Å². The fourth-order valence-corrected chi connectivity index (χ4v) is 8.44. The van der Waals surface area contributed by atoms with Crippen molar-refractivity contribution >= 4 is 58.2 Å². The van der Waals surface area contributed by atoms with E-state index in [9.17, 15) is 42.3 Å². The van der Waals surface area contributed by atoms with Crippen LogP contribution in [0.25, 0.3) is 0 Å². The number of benzene rings is 3. The van der Waals surface area contributed by atoms with Crippen LogP contribution in [0.4, 0.5) is 24.5 Å². The van der Waals surface area contributed by atoms with Crippen molar-refractivity contribution in [2.24, 2.45) is 5.92 Å². The lowest BCUT2D eigenvalue weighted by molar-refractivity contribution is -0.137. The van der Waals surface area contributed by atoms with Gasteiger partial charge in [0.2, 0.25) is 17.7 Å². The molecule has 0 saturated carbocycles. The van der Waals surface area contributed by atoms with Crippen molar-refractivity contribution in [2.75, 3.05) is 16.8 Å². The Balaban J connectivity index is 1.36. The summed E-state index contributed by atoms with van der Waals surface area (Å²) in [6.45, 7) is 1.25. The van der Waals surface area contributed by atoms with Gasteiger partial charge in [-0.25, -0.2) is 9.69 Å². The molecule has 6 rings (SSSR count). The first-order chi connectivity index (χ1) is 22.4. The number of halogens is 3. The molecule has 10 nitrogen and oxygen atoms in total. The predicted molar refractivity (Wildman–Crippen MR) is 167 cm³/mol. The number of ether oxygens (including phenoxy) is 1. The first kappa shape index (κ1) is 32.1. The minimum atomic E-state index is -4.63. The number of anilines is 2. The number of para-hydroxylation sites is 1. The third-order valence-corrected chi connectivity index (χ3v) is 10.3. The summed E-state index contributed by atoms with van der Waals surface area (Å²) in [5.74, 6) is -4.68. The van der Waals surface area contributed by atoms with Crippen molar-refractivity contribution in [2.45, 2.75) is 35.8 Å². The highest BCUT2D eigenvalue weighted by molar-refractivity contribution is 8.00. The molecule has 2 N–H and O–H groups in total. The van der Waals surface area contributed by atoms with Crippen molar-refractivity contribution < 1.29 is 42.2 Å². The van der Waals surface area contributed by atoms with E-state index < -0.39 is 63.9 Å². The Kier molecular flexibility index (Phi) is 8.44. The number of imide groups is 1. The van der Waals surface area contributed by atoms with Crippen molar-refractivity contribution in [3.05, 3.63) is 104 Å². The standard InChI is InChI=1S/C32H24F3N3O7S2/c1-2-45-30(43)16-10-12-19(13-11-16)38-27(41)24-23(20-8-3-4-9-21(20)39)26-29(46-25(24)28(38)42)37(31(44)47-26)15-22(40)36-18-7-5-6-17(14-18)32(33,34)35/h3-14,23-25,39H,2,15H2,1H3,(H,36,40)/t23-,24?,25?/m0/s1. The Morgan fingerprint density at radius 1 is 0.979 bits per heavy atom. The molecule has 0 aliphatic carbocycles. The number of carbonyl (C=O) groups excluding carboxylic acids is 4. The largest absolute Gasteiger partial charge is 0.508 e. The summed E-state index contributed by atoms with van der Waals surface area (Å²) in [5.41, 5.74) is -0.352. The molecular weight excluding hydrogens is 659 g/mol. The Bertz CT molecular complexity index is 1970. The number of carbonyl (C=O) groups is 4. The van der Waals surface area contributed by atoms with Crippen LogP contribution in [-0.2, 0) is 31.8 Å². The number of thioether (sulfide) groups is 1. The van der Waals surface area contributed by atoms with E-state index in [0.29, 0.717) is 10.4 Å². The van der Waals surface area contributed by atoms with E-state index in [2.05, 4.69) is 5.32 Å². The van der Waals surface area contributed by atoms with Gasteiger partial charge in [-0.05, 0) is 55.5 Å². The highest BCUT2D eigenvalue weighted by Gasteiger charge is 2.57. The third kappa shape index (κ3) is 5.91. The van der Waals surface area contributed by atoms with Crippen LogP contribution in [0.15, 0.2) is 82.6 Å². The van der Waals surface area contributed by atoms with Crippen LogP contribution in [0.3, 0.4) is 0 Å². The third-order valence-electron chi connectivity index (χ3n) is 7.73. The summed E-state index contributed by atoms with van der Waals surface area (Å²) < 4.78 is 45.7. The number of amides is 3. The first-order valence-corrected chi connectivity index (χ1v) is 15.9. The summed E-state index contributed by atoms with van der Waals surface area (Å²) in [5, 5.41) is 12.4. The van der Waals surface area contributed by atoms with Crippen LogP contribution in [0, 0.1) is 5.92 Å². The van der Waals surface area contributed by atoms with Crippen molar-refractivity contribution in [3.63, 3.8) is 0 Å². The zero-order chi connectivity index (χ0) is 33.6. The second kappa shape index (κ2) is 12.4. The average Bonchev–Trinajstić information content (AvgIpc) is 3.47. The maximum absolute atomic E-state index is 14.0. The van der Waals surface area contributed by atoms with Gasteiger partial charge in [-0.15, -0.1) is 0 Å². The highest BCUT2D eigenvalue weighted by atomic mass is 32.2. The molecule has 2 unspecified atom stereocenters. The molecule has 3 aromatic carbocycles. The maximum atomic E-state index is 14.0. The molecule has 2 aliphatic heterocycles. The fourth-order valence-electron chi connectivity index (χ4n) is 5.67. The van der Waals surface area contributed by atoms with E-state index in [4.69, 9.17) is 4.74 Å². The molecule has 47 heavy (non-hydrogen) atoms. The second-order valence-corrected chi connectivity index (χ2v) is 12.8. The lowest BCUT2D eigenvalue weighted by atomic mass is 9.82. The summed E-state index contributed by atoms with van der Waals surface area (Å²) in [7, 11) is 0. The molecule has 1 saturated heterocycles. The van der Waals surface area contributed by atoms with Crippen molar-refractivity contribution in [3.8, 4) is 5.75 Å². The zero-order valence-electron chi connectivity index (χ0n) is 24.3. The van der Waals surface area contributed by atoms with Gasteiger partial charge in [0.1, 0.15) is 17.5 Å². The second-order valence-electron chi connectivity index (χ2n) is 10.6. The molecular formula is C32H24F3N3O7S2. The van der Waals surface area contributed by atoms with Gasteiger partial charge in [-0.3, -0.25) is 23.7 Å². The Morgan fingerprint density at radius 2 is 1.70 bits per heavy atom. The number of aromatic nitrogens is 1. The van der Waals surface area contributed by atoms with Gasteiger partial charge in [0, 0.05) is 22.0 Å². The van der Waals surface area contributed by atoms with Crippen LogP contribution in [0.2, 0.25) is 0 Å². The maximum Gasteiger partial charge on any atom is 0.416 e. The molecule has 3 atom stereocenters. The van der Waals surface area contributed by atoms with E-state index in [-0.39, 0.29) is 34.3 Å². The smallest absolute Gasteiger partial charge is 0.416 e. The number of phenols is 1. The van der Waals surface area contributed by atoms with E-state index in [1.54, 1.807) is 25.1 Å². The van der Waals surface area contributed by atoms with Gasteiger partial charge in [-0.1, -0.05) is 47.4 Å². The summed E-state index contributed by atoms with van der Waals surface area (Å²) in [6.07, 6.45) is -4.63. The van der Waals surface area contributed by atoms with Crippen molar-refractivity contribution in [1.82, 2.24) is 4.57 Å². The van der Waals surface area contributed by atoms with Crippen LogP contribution in [0.5, 0.6) is 5.75 Å². The quantitative estimate of drug-likeness (QED) is 0.200. The summed E-state index contributed by atoms with van der Waals surface area (Å²) >= 11 is 1.69. The highest BCUT2D eigenvalue weighted by Crippen LogP contribution is 2.55. The van der Waals surface area contributed by atoms with Crippen LogP contribution in [-0.4, -0.2) is 45.2 Å². The Labute approximate surface area is 272 Å². The summed E-state index contributed by atoms with van der Waals surface area (Å²) in [6, 6.07) is 16.0. The number of hydrogen-bond acceptors (Lipinski definition) is 9. The number of alkyl halides is 3. The molecule has 242 valence electrons. The molecule has 1 fully saturated rings. The molecule has 3 heterocycles. The van der Waals surface area contributed by atoms with Crippen molar-refractivity contribution in [1.29, 1.82) is 0 Å². The fraction of sp³-hybridized carbons (Fsp3) is 0.219. The first-order valence-electron chi connectivity index (χ1n) is 14.2. The monoisotopic (exact) mass is 683 g/mol. The lowest BCUT2D eigenvalue weighted by Crippen LogP contribution is -2.33. The molecule has 4 aromatic rings. The molecule has 1 aromatic heterocycles. The number of nitrogens with zero attached hydrogens (tertiary/aromatic N) is 2. The van der Waals surface area contributed by atoms with Gasteiger partial charge in [-0.2, -0.15) is 13.2 Å². The van der Waals surface area contributed by atoms with Gasteiger partial charge in [0.15, 0.2) is 0 Å². The normalized spacial score (nSPS) is 18.9. The number of nitrogens with one attached hydrogen (secondary N) is 1. The number of phenolic OH excluding ortho intramolecular Hbond substituents is 1. The zero-order valence-corrected chi connectivity index (χ0v) is 25.9. The summed E-state index contributed by atoms with van der Waals surface area (Å²) in [4.78, 5) is 67.2. The average molecular weight is 684 g/mol. The number of thiazole rings is 1. The van der Waals surface area contributed by atoms with Crippen LogP contribution >= 0.6 is 23.1 Å². The van der Waals surface area contributed by atoms with Gasteiger partial charge in [0.25, 0.3) is 0 Å². The molecule has 0 bridgehead atoms. The minimum Gasteiger partial charge on any atom is -0.508 e. The number of fused-ring (bicyclic) bond motifs is 2. The number of rotatable bonds is 7. The number of aromatic hydroxyl groups is 1. The topological polar surface area (TPSA) is 135 Å². The lowest BCUT2D eigenvalue weighted by Gasteiger charge is -2.31. The molecule has 15 heteroatoms. The van der Waals surface area contributed by atoms with Gasteiger partial charge >= 0.3 is 17.0 Å². The van der Waals surface area contributed by atoms with Gasteiger partial charge in [0.05, 0.1) is 34.4 Å². The predicted octanol–water partition coefficient (Wildman–Crippen LogP) is 5.25. The minimum absolute atomic E-state index is 0.122. The van der Waals surface area contributed by atoms with E-state index in [1.165, 1.54) is 36.4 Å². The molecule has 0 radical (unpaired) electrons. The van der Waals surface area contributed by atoms with Gasteiger partial charge < -0.3 is 15.2 Å². The Morgan fingerprint density at radius 3 is 2.38 bits per heavy atom. The van der Waals surface area contributed by atoms with E-state index >= 15 is 0 Å². The van der Waals surface area contributed by atoms with E-state index in [0.717, 1.165) is 50.8 Å². The Hall–Kier alpha value is -4.89. The molecule has 2 aliphatic rings. The van der Waals surface area contributed by atoms with E-state index in [1.807, 2.05) is 0 Å². The molecule has 0 spiro atoms.